The van der Waals surface area contributed by atoms with Crippen LogP contribution >= 0.6 is 25.8 Å². The molecule has 0 aliphatic carbocycles. The molecule has 0 fully saturated rings. The molecule has 0 saturated carbocycles. The van der Waals surface area contributed by atoms with E-state index in [1.807, 2.05) is 0 Å². The maximum absolute atomic E-state index is 7.35. The first-order valence-electron chi connectivity index (χ1n) is 48.0. The first-order valence-corrected chi connectivity index (χ1v) is 51.3. The number of aryl methyl sites for hydroxylation is 6. The van der Waals surface area contributed by atoms with Crippen LogP contribution in [0, 0.1) is 20.8 Å². The minimum Gasteiger partial charge on any atom is -0.426 e. The van der Waals surface area contributed by atoms with E-state index in [2.05, 4.69) is 241 Å². The lowest BCUT2D eigenvalue weighted by Gasteiger charge is -2.33. The molecule has 0 aromatic heterocycles. The van der Waals surface area contributed by atoms with Gasteiger partial charge in [0.2, 0.25) is 0 Å². The molecule has 118 heavy (non-hydrogen) atoms. The Balaban J connectivity index is 1.47. The summed E-state index contributed by atoms with van der Waals surface area (Å²) in [5, 5.41) is 0. The minimum atomic E-state index is -1.98. The van der Waals surface area contributed by atoms with Crippen molar-refractivity contribution in [3.8, 4) is 34.5 Å². The summed E-state index contributed by atoms with van der Waals surface area (Å²) in [5.41, 5.74) is 13.6. The van der Waals surface area contributed by atoms with E-state index in [9.17, 15) is 0 Å². The summed E-state index contributed by atoms with van der Waals surface area (Å²) < 4.78 is 63.3. The largest absolute Gasteiger partial charge is 0.530 e. The Kier molecular flexibility index (Phi) is 49.9. The molecule has 6 aromatic rings. The van der Waals surface area contributed by atoms with E-state index in [0.717, 1.165) is 139 Å². The first kappa shape index (κ1) is 102. The van der Waals surface area contributed by atoms with Crippen LogP contribution in [0.15, 0.2) is 109 Å². The fourth-order valence-electron chi connectivity index (χ4n) is 16.2. The summed E-state index contributed by atoms with van der Waals surface area (Å²) in [6, 6.07) is 40.3. The van der Waals surface area contributed by atoms with Crippen LogP contribution in [0.2, 0.25) is 0 Å². The maximum Gasteiger partial charge on any atom is 0.530 e. The van der Waals surface area contributed by atoms with Gasteiger partial charge in [-0.3, -0.25) is 4.52 Å². The third-order valence-corrected chi connectivity index (χ3v) is 26.7. The van der Waals surface area contributed by atoms with Gasteiger partial charge in [-0.1, -0.05) is 377 Å². The number of hydrogen-bond donors (Lipinski definition) is 0. The molecule has 662 valence electrons. The summed E-state index contributed by atoms with van der Waals surface area (Å²) in [4.78, 5) is 0. The molecule has 0 bridgehead atoms. The van der Waals surface area contributed by atoms with Crippen molar-refractivity contribution in [3.63, 3.8) is 0 Å². The van der Waals surface area contributed by atoms with Gasteiger partial charge in [0.25, 0.3) is 0 Å². The average molecular weight is 1680 g/mol. The predicted molar refractivity (Wildman–Crippen MR) is 511 cm³/mol. The van der Waals surface area contributed by atoms with Gasteiger partial charge in [0.1, 0.15) is 34.5 Å². The van der Waals surface area contributed by atoms with Crippen LogP contribution in [-0.2, 0) is 49.1 Å². The fraction of sp³-hybridized carbons (Fsp3) is 0.660. The van der Waals surface area contributed by atoms with Crippen LogP contribution in [-0.4, -0.2) is 19.8 Å². The van der Waals surface area contributed by atoms with Gasteiger partial charge >= 0.3 is 25.8 Å². The number of unbranched alkanes of at least 4 members (excludes halogenated alkanes) is 33. The molecule has 3 atom stereocenters. The monoisotopic (exact) mass is 1680 g/mol. The molecule has 3 unspecified atom stereocenters. The summed E-state index contributed by atoms with van der Waals surface area (Å²) in [7, 11) is -5.49. The first-order chi connectivity index (χ1) is 56.9. The summed E-state index contributed by atoms with van der Waals surface area (Å²) in [6.07, 6.45) is 52.0. The zero-order chi connectivity index (χ0) is 85.4. The van der Waals surface area contributed by atoms with Crippen molar-refractivity contribution in [3.05, 3.63) is 176 Å². The normalized spacial score (nSPS) is 12.9. The lowest BCUT2D eigenvalue weighted by molar-refractivity contribution is 0.197. The van der Waals surface area contributed by atoms with Gasteiger partial charge in [0, 0.05) is 22.6 Å². The third kappa shape index (κ3) is 39.4. The van der Waals surface area contributed by atoms with Crippen LogP contribution in [0.25, 0.3) is 0 Å². The highest BCUT2D eigenvalue weighted by molar-refractivity contribution is 7.43. The van der Waals surface area contributed by atoms with Gasteiger partial charge in [0.05, 0.1) is 19.8 Å². The SMILES string of the molecule is CCCCCCCCCc1cccc(OP(OCCCCCCCC)Oc2cc(C)c(C(CC(C)c3cc(C(C)(C)C)c(OP(Oc4cccc(CCCCCCCCC)c4)Oc4cccc(CCCCCCCCC)c4)cc3C)c3cc(C(C)(C)C)c(OP(OCCCCCCCC)OCCCCCCCC)cc3C)cc2C(C)(C)C)c1. The van der Waals surface area contributed by atoms with Crippen LogP contribution in [0.5, 0.6) is 34.5 Å². The Hall–Kier alpha value is -4.71. The van der Waals surface area contributed by atoms with Gasteiger partial charge in [-0.15, -0.1) is 0 Å². The van der Waals surface area contributed by atoms with Crippen molar-refractivity contribution in [2.24, 2.45) is 0 Å². The third-order valence-electron chi connectivity index (χ3n) is 23.4. The molecule has 6 aromatic carbocycles. The van der Waals surface area contributed by atoms with E-state index in [1.54, 1.807) is 0 Å². The molecule has 0 radical (unpaired) electrons. The molecule has 6 rings (SSSR count). The van der Waals surface area contributed by atoms with Gasteiger partial charge in [-0.05, 0) is 212 Å². The van der Waals surface area contributed by atoms with Crippen LogP contribution in [0.4, 0.5) is 0 Å². The molecule has 0 N–H and O–H groups in total. The Morgan fingerprint density at radius 2 is 0.525 bits per heavy atom. The van der Waals surface area contributed by atoms with E-state index < -0.39 is 25.8 Å². The van der Waals surface area contributed by atoms with Gasteiger partial charge < -0.3 is 36.2 Å². The molecule has 0 saturated heterocycles. The van der Waals surface area contributed by atoms with Gasteiger partial charge in [-0.2, -0.15) is 0 Å². The maximum atomic E-state index is 7.35. The Bertz CT molecular complexity index is 3580. The fourth-order valence-corrected chi connectivity index (χ4v) is 19.2. The molecular weight excluding hydrogens is 1510 g/mol. The standard InChI is InChI=1S/C106H169O9P3/c1-20-26-32-38-44-47-53-62-88-65-59-68-91(78-88)110-117(109-73-58-52-43-37-31-25-6)114-102-77-87(10)96(83-100(102)106(17,18)19)97(95-82-99(105(14,15)16)101(76-86(95)9)113-116(107-71-56-50-41-35-29-23-4)108-72-57-51-42-36-30-24-5)74-84(7)94-81-98(104(11,12)13)103(75-85(94)8)115-118(111-92-69-60-66-89(79-92)63-54-48-45-39-33-27-21-2)112-93-70-61-67-90(80-93)64-55-49-46-40-34-28-22-3/h59-61,65-70,75-84,97H,20-58,62-64,71-74H2,1-19H3. The highest BCUT2D eigenvalue weighted by Gasteiger charge is 2.35. The minimum absolute atomic E-state index is 0.0679. The van der Waals surface area contributed by atoms with Crippen LogP contribution in [0.1, 0.15) is 446 Å². The van der Waals surface area contributed by atoms with Gasteiger partial charge in [0.15, 0.2) is 0 Å². The molecule has 12 heteroatoms. The molecule has 0 aliphatic heterocycles. The number of rotatable bonds is 65. The van der Waals surface area contributed by atoms with E-state index >= 15 is 0 Å². The van der Waals surface area contributed by atoms with Crippen molar-refractivity contribution >= 4 is 25.8 Å². The van der Waals surface area contributed by atoms with Crippen molar-refractivity contribution in [2.75, 3.05) is 19.8 Å². The molecule has 9 nitrogen and oxygen atoms in total. The summed E-state index contributed by atoms with van der Waals surface area (Å²) in [5.74, 6) is 4.76. The second-order valence-corrected chi connectivity index (χ2v) is 40.8. The lowest BCUT2D eigenvalue weighted by atomic mass is 9.74. The smallest absolute Gasteiger partial charge is 0.426 e. The predicted octanol–water partition coefficient (Wildman–Crippen LogP) is 35.9. The Labute approximate surface area is 728 Å². The van der Waals surface area contributed by atoms with E-state index in [0.29, 0.717) is 19.8 Å². The summed E-state index contributed by atoms with van der Waals surface area (Å²) in [6.45, 7) is 45.7. The topological polar surface area (TPSA) is 83.1 Å². The molecule has 0 heterocycles. The van der Waals surface area contributed by atoms with Crippen molar-refractivity contribution in [1.29, 1.82) is 0 Å². The quantitative estimate of drug-likeness (QED) is 0.0274. The van der Waals surface area contributed by atoms with E-state index in [4.69, 9.17) is 40.7 Å². The highest BCUT2D eigenvalue weighted by Crippen LogP contribution is 2.53. The average Bonchev–Trinajstić information content (AvgIpc) is 0.768. The second-order valence-electron chi connectivity index (χ2n) is 37.6. The van der Waals surface area contributed by atoms with Gasteiger partial charge in [-0.25, -0.2) is 0 Å². The molecule has 0 spiro atoms. The second kappa shape index (κ2) is 57.7. The molecule has 0 amide bonds. The zero-order valence-electron chi connectivity index (χ0n) is 78.6. The van der Waals surface area contributed by atoms with Crippen molar-refractivity contribution < 1.29 is 40.7 Å². The van der Waals surface area contributed by atoms with Crippen molar-refractivity contribution in [1.82, 2.24) is 0 Å². The summed E-state index contributed by atoms with van der Waals surface area (Å²) >= 11 is 0. The van der Waals surface area contributed by atoms with Crippen LogP contribution < -0.4 is 27.1 Å². The Morgan fingerprint density at radius 3 is 0.839 bits per heavy atom. The van der Waals surface area contributed by atoms with Crippen molar-refractivity contribution in [2.45, 2.75) is 436 Å². The molecule has 0 aliphatic rings. The number of benzene rings is 6. The highest BCUT2D eigenvalue weighted by atomic mass is 31.2. The zero-order valence-corrected chi connectivity index (χ0v) is 81.3. The number of hydrogen-bond acceptors (Lipinski definition) is 9. The lowest BCUT2D eigenvalue weighted by Crippen LogP contribution is -2.19. The molecular formula is C106H169O9P3. The Morgan fingerprint density at radius 1 is 0.271 bits per heavy atom. The van der Waals surface area contributed by atoms with Crippen LogP contribution in [0.3, 0.4) is 0 Å². The van der Waals surface area contributed by atoms with E-state index in [-0.39, 0.29) is 28.1 Å². The van der Waals surface area contributed by atoms with E-state index in [1.165, 1.54) is 238 Å².